The van der Waals surface area contributed by atoms with E-state index in [2.05, 4.69) is 36.3 Å². The lowest BCUT2D eigenvalue weighted by Crippen LogP contribution is -2.40. The summed E-state index contributed by atoms with van der Waals surface area (Å²) in [6.07, 6.45) is 11.9. The molecule has 164 valence electrons. The Morgan fingerprint density at radius 2 is 2.03 bits per heavy atom. The summed E-state index contributed by atoms with van der Waals surface area (Å²) in [4.78, 5) is 32.0. The number of aromatic nitrogens is 1. The molecule has 32 heavy (non-hydrogen) atoms. The summed E-state index contributed by atoms with van der Waals surface area (Å²) in [6.45, 7) is 6.75. The van der Waals surface area contributed by atoms with E-state index in [9.17, 15) is 9.59 Å². The minimum absolute atomic E-state index is 0.0631. The van der Waals surface area contributed by atoms with Gasteiger partial charge in [-0.1, -0.05) is 35.9 Å². The van der Waals surface area contributed by atoms with Crippen molar-refractivity contribution in [2.24, 2.45) is 10.9 Å². The molecule has 4 rings (SSSR count). The number of carbonyl (C=O) groups is 1. The molecular formula is C27H29N3O2. The fraction of sp³-hybridized carbons (Fsp3) is 0.296. The van der Waals surface area contributed by atoms with Crippen LogP contribution in [-0.4, -0.2) is 23.7 Å². The summed E-state index contributed by atoms with van der Waals surface area (Å²) in [7, 11) is 0. The highest BCUT2D eigenvalue weighted by Gasteiger charge is 2.46. The molecule has 0 saturated carbocycles. The first-order valence-corrected chi connectivity index (χ1v) is 11.1. The van der Waals surface area contributed by atoms with Gasteiger partial charge in [-0.2, -0.15) is 0 Å². The van der Waals surface area contributed by atoms with Crippen LogP contribution in [0.3, 0.4) is 0 Å². The number of H-pyrrole nitrogens is 1. The van der Waals surface area contributed by atoms with Gasteiger partial charge in [0.15, 0.2) is 0 Å². The van der Waals surface area contributed by atoms with Gasteiger partial charge in [-0.05, 0) is 62.6 Å². The largest absolute Gasteiger partial charge is 0.352 e. The number of nitrogens with one attached hydrogen (secondary N) is 2. The molecule has 5 heteroatoms. The summed E-state index contributed by atoms with van der Waals surface area (Å²) < 4.78 is 0. The number of aliphatic imine (C=N–C) groups is 1. The molecule has 1 amide bonds. The number of amides is 1. The van der Waals surface area contributed by atoms with Crippen molar-refractivity contribution < 1.29 is 4.79 Å². The van der Waals surface area contributed by atoms with Crippen LogP contribution in [0, 0.1) is 5.92 Å². The highest BCUT2D eigenvalue weighted by Crippen LogP contribution is 2.51. The Kier molecular flexibility index (Phi) is 6.08. The quantitative estimate of drug-likeness (QED) is 0.542. The monoisotopic (exact) mass is 427 g/mol. The fourth-order valence-electron chi connectivity index (χ4n) is 4.98. The van der Waals surface area contributed by atoms with Crippen LogP contribution in [-0.2, 0) is 12.0 Å². The number of hydrogen-bond donors (Lipinski definition) is 2. The number of carbonyl (C=O) groups excluding carboxylic acids is 1. The van der Waals surface area contributed by atoms with E-state index >= 15 is 0 Å². The minimum atomic E-state index is -0.484. The molecule has 5 nitrogen and oxygen atoms in total. The van der Waals surface area contributed by atoms with Gasteiger partial charge in [0.1, 0.15) is 5.54 Å². The van der Waals surface area contributed by atoms with Crippen LogP contribution in [0.2, 0.25) is 0 Å². The molecule has 0 radical (unpaired) electrons. The Morgan fingerprint density at radius 1 is 1.25 bits per heavy atom. The average molecular weight is 428 g/mol. The second kappa shape index (κ2) is 8.95. The normalized spacial score (nSPS) is 23.4. The zero-order valence-corrected chi connectivity index (χ0v) is 18.8. The molecule has 2 aliphatic carbocycles. The maximum absolute atomic E-state index is 11.9. The van der Waals surface area contributed by atoms with Crippen LogP contribution < -0.4 is 10.9 Å². The third kappa shape index (κ3) is 4.03. The molecule has 0 aliphatic heterocycles. The lowest BCUT2D eigenvalue weighted by molar-refractivity contribution is 0.0956. The molecular weight excluding hydrogens is 398 g/mol. The van der Waals surface area contributed by atoms with E-state index < -0.39 is 5.54 Å². The first-order valence-electron chi connectivity index (χ1n) is 11.1. The summed E-state index contributed by atoms with van der Waals surface area (Å²) in [5, 5.41) is 2.80. The number of hydrogen-bond acceptors (Lipinski definition) is 3. The molecule has 2 bridgehead atoms. The predicted octanol–water partition coefficient (Wildman–Crippen LogP) is 4.57. The van der Waals surface area contributed by atoms with Crippen molar-refractivity contribution in [2.75, 3.05) is 6.54 Å². The van der Waals surface area contributed by atoms with E-state index in [4.69, 9.17) is 4.99 Å². The Balaban J connectivity index is 1.64. The maximum Gasteiger partial charge on any atom is 0.251 e. The van der Waals surface area contributed by atoms with Crippen LogP contribution in [0.5, 0.6) is 0 Å². The lowest BCUT2D eigenvalue weighted by Gasteiger charge is -2.45. The third-order valence-electron chi connectivity index (χ3n) is 6.26. The van der Waals surface area contributed by atoms with Gasteiger partial charge >= 0.3 is 0 Å². The average Bonchev–Trinajstić information content (AvgIpc) is 2.76. The summed E-state index contributed by atoms with van der Waals surface area (Å²) >= 11 is 0. The number of allylic oxidation sites excluding steroid dienone is 3. The van der Waals surface area contributed by atoms with Crippen molar-refractivity contribution in [3.05, 3.63) is 98.5 Å². The number of aromatic amines is 1. The molecule has 0 fully saturated rings. The van der Waals surface area contributed by atoms with Gasteiger partial charge in [0.05, 0.1) is 0 Å². The van der Waals surface area contributed by atoms with Gasteiger partial charge in [-0.25, -0.2) is 0 Å². The van der Waals surface area contributed by atoms with E-state index in [1.165, 1.54) is 11.1 Å². The van der Waals surface area contributed by atoms with E-state index in [1.807, 2.05) is 55.6 Å². The highest BCUT2D eigenvalue weighted by molar-refractivity contribution is 5.94. The Labute approximate surface area is 188 Å². The molecule has 1 heterocycles. The van der Waals surface area contributed by atoms with Crippen molar-refractivity contribution in [2.45, 2.75) is 39.2 Å². The molecule has 2 aromatic rings. The smallest absolute Gasteiger partial charge is 0.251 e. The topological polar surface area (TPSA) is 74.3 Å². The van der Waals surface area contributed by atoms with Crippen molar-refractivity contribution in [3.8, 4) is 0 Å². The Hall–Kier alpha value is -3.47. The van der Waals surface area contributed by atoms with Crippen molar-refractivity contribution in [1.29, 1.82) is 0 Å². The van der Waals surface area contributed by atoms with E-state index in [0.717, 1.165) is 29.7 Å². The third-order valence-corrected chi connectivity index (χ3v) is 6.26. The van der Waals surface area contributed by atoms with Gasteiger partial charge in [0, 0.05) is 48.0 Å². The van der Waals surface area contributed by atoms with Gasteiger partial charge in [0.25, 0.3) is 5.91 Å². The van der Waals surface area contributed by atoms with E-state index in [0.29, 0.717) is 12.1 Å². The van der Waals surface area contributed by atoms with Crippen LogP contribution in [0.15, 0.2) is 75.6 Å². The fourth-order valence-corrected chi connectivity index (χ4v) is 4.98. The standard InChI is InChI=1S/C27H29N3O2/c1-4-22-21-15-18(3)17-27(22,23-12-13-25(31)30-24(23)16-21)29-14-6-7-19-8-10-20(11-9-19)26(32)28-5-2/h4,6-15,21H,5,16-17H2,1-3H3,(H,28,32)(H,30,31)/b7-6+,22-4+,29-14+/t21-,27+/m0/s1. The minimum Gasteiger partial charge on any atom is -0.352 e. The molecule has 0 saturated heterocycles. The van der Waals surface area contributed by atoms with Crippen LogP contribution in [0.1, 0.15) is 54.4 Å². The van der Waals surface area contributed by atoms with Crippen molar-refractivity contribution >= 4 is 18.2 Å². The second-order valence-electron chi connectivity index (χ2n) is 8.44. The molecule has 2 aliphatic rings. The Bertz CT molecular complexity index is 1200. The number of rotatable bonds is 5. The first-order chi connectivity index (χ1) is 15.5. The molecule has 2 atom stereocenters. The van der Waals surface area contributed by atoms with Crippen LogP contribution in [0.4, 0.5) is 0 Å². The summed E-state index contributed by atoms with van der Waals surface area (Å²) in [5.74, 6) is 0.189. The van der Waals surface area contributed by atoms with Crippen LogP contribution in [0.25, 0.3) is 6.08 Å². The summed E-state index contributed by atoms with van der Waals surface area (Å²) in [5.41, 5.74) is 5.78. The predicted molar refractivity (Wildman–Crippen MR) is 130 cm³/mol. The van der Waals surface area contributed by atoms with Gasteiger partial charge < -0.3 is 10.3 Å². The van der Waals surface area contributed by atoms with Gasteiger partial charge in [-0.3, -0.25) is 14.6 Å². The van der Waals surface area contributed by atoms with Crippen molar-refractivity contribution in [3.63, 3.8) is 0 Å². The summed E-state index contributed by atoms with van der Waals surface area (Å²) in [6, 6.07) is 11.0. The molecule has 1 aromatic heterocycles. The highest BCUT2D eigenvalue weighted by atomic mass is 16.1. The SMILES string of the molecule is C/C=C1\[C@H]2C=C(C)C[C@]1(/N=C/C=C/c1ccc(C(=O)NCC)cc1)c1ccc(=O)[nH]c1C2. The number of pyridine rings is 1. The number of fused-ring (bicyclic) bond motifs is 4. The van der Waals surface area contributed by atoms with Gasteiger partial charge in [-0.15, -0.1) is 0 Å². The maximum atomic E-state index is 11.9. The zero-order chi connectivity index (χ0) is 22.7. The van der Waals surface area contributed by atoms with Gasteiger partial charge in [0.2, 0.25) is 5.56 Å². The second-order valence-corrected chi connectivity index (χ2v) is 8.44. The Morgan fingerprint density at radius 3 is 2.75 bits per heavy atom. The first kappa shape index (κ1) is 21.8. The van der Waals surface area contributed by atoms with E-state index in [1.54, 1.807) is 6.07 Å². The zero-order valence-electron chi connectivity index (χ0n) is 18.8. The van der Waals surface area contributed by atoms with Crippen LogP contribution >= 0.6 is 0 Å². The molecule has 0 spiro atoms. The number of benzene rings is 1. The molecule has 0 unspecified atom stereocenters. The number of nitrogens with zero attached hydrogens (tertiary/aromatic N) is 1. The molecule has 1 aromatic carbocycles. The van der Waals surface area contributed by atoms with E-state index in [-0.39, 0.29) is 17.4 Å². The lowest BCUT2D eigenvalue weighted by atomic mass is 9.63. The van der Waals surface area contributed by atoms with Crippen molar-refractivity contribution in [1.82, 2.24) is 10.3 Å². The molecule has 2 N–H and O–H groups in total.